The minimum atomic E-state index is -0.103. The first kappa shape index (κ1) is 14.2. The molecule has 0 fully saturated rings. The highest BCUT2D eigenvalue weighted by Crippen LogP contribution is 2.32. The maximum atomic E-state index is 12.7. The van der Waals surface area contributed by atoms with E-state index in [1.165, 1.54) is 6.07 Å². The van der Waals surface area contributed by atoms with Gasteiger partial charge in [0, 0.05) is 23.5 Å². The third-order valence-corrected chi connectivity index (χ3v) is 4.64. The number of halogens is 1. The Kier molecular flexibility index (Phi) is 3.75. The lowest BCUT2D eigenvalue weighted by Gasteiger charge is -2.30. The predicted molar refractivity (Wildman–Crippen MR) is 91.7 cm³/mol. The van der Waals surface area contributed by atoms with E-state index >= 15 is 0 Å². The van der Waals surface area contributed by atoms with Gasteiger partial charge in [-0.25, -0.2) is 0 Å². The van der Waals surface area contributed by atoms with Crippen LogP contribution in [0.5, 0.6) is 5.75 Å². The summed E-state index contributed by atoms with van der Waals surface area (Å²) in [6.45, 7) is 0.669. The highest BCUT2D eigenvalue weighted by atomic mass is 127. The number of amides is 1. The number of phenolic OH excluding ortho intramolecular Hbond substituents is 1. The van der Waals surface area contributed by atoms with Crippen LogP contribution < -0.4 is 10.6 Å². The van der Waals surface area contributed by atoms with Gasteiger partial charge in [0.2, 0.25) is 0 Å². The summed E-state index contributed by atoms with van der Waals surface area (Å²) in [5.41, 5.74) is 9.14. The van der Waals surface area contributed by atoms with Gasteiger partial charge in [0.25, 0.3) is 5.91 Å². The van der Waals surface area contributed by atoms with Crippen LogP contribution in [0.3, 0.4) is 0 Å². The molecule has 0 unspecified atom stereocenters. The van der Waals surface area contributed by atoms with E-state index in [0.29, 0.717) is 12.1 Å². The molecular formula is C16H15IN2O2. The predicted octanol–water partition coefficient (Wildman–Crippen LogP) is 3.17. The average molecular weight is 394 g/mol. The smallest absolute Gasteiger partial charge is 0.258 e. The quantitative estimate of drug-likeness (QED) is 0.577. The molecule has 1 heterocycles. The maximum Gasteiger partial charge on any atom is 0.258 e. The van der Waals surface area contributed by atoms with Crippen LogP contribution in [0.15, 0.2) is 36.4 Å². The van der Waals surface area contributed by atoms with E-state index in [9.17, 15) is 9.90 Å². The SMILES string of the molecule is Nc1cccc2c1CCCN2C(=O)c1ccc(I)c(O)c1. The van der Waals surface area contributed by atoms with Crippen molar-refractivity contribution in [1.82, 2.24) is 0 Å². The zero-order valence-corrected chi connectivity index (χ0v) is 13.5. The van der Waals surface area contributed by atoms with Crippen LogP contribution in [-0.2, 0) is 6.42 Å². The molecule has 2 aromatic rings. The van der Waals surface area contributed by atoms with Crippen LogP contribution in [0.2, 0.25) is 0 Å². The third kappa shape index (κ3) is 2.57. The largest absolute Gasteiger partial charge is 0.507 e. The molecule has 4 nitrogen and oxygen atoms in total. The molecule has 0 aromatic heterocycles. The van der Waals surface area contributed by atoms with Crippen molar-refractivity contribution in [2.24, 2.45) is 0 Å². The first-order valence-electron chi connectivity index (χ1n) is 6.75. The molecule has 0 atom stereocenters. The molecule has 0 saturated carbocycles. The van der Waals surface area contributed by atoms with Crippen molar-refractivity contribution in [1.29, 1.82) is 0 Å². The molecule has 0 bridgehead atoms. The number of nitrogen functional groups attached to an aromatic ring is 1. The molecule has 0 aliphatic carbocycles. The minimum Gasteiger partial charge on any atom is -0.507 e. The number of aromatic hydroxyl groups is 1. The minimum absolute atomic E-state index is 0.103. The number of hydrogen-bond donors (Lipinski definition) is 2. The molecule has 3 rings (SSSR count). The van der Waals surface area contributed by atoms with Crippen molar-refractivity contribution < 1.29 is 9.90 Å². The van der Waals surface area contributed by atoms with Gasteiger partial charge >= 0.3 is 0 Å². The van der Waals surface area contributed by atoms with Crippen molar-refractivity contribution in [3.8, 4) is 5.75 Å². The second kappa shape index (κ2) is 5.55. The molecule has 21 heavy (non-hydrogen) atoms. The summed E-state index contributed by atoms with van der Waals surface area (Å²) in [5.74, 6) is 0.0273. The molecular weight excluding hydrogens is 379 g/mol. The van der Waals surface area contributed by atoms with E-state index in [-0.39, 0.29) is 11.7 Å². The molecule has 1 amide bonds. The van der Waals surface area contributed by atoms with Crippen molar-refractivity contribution in [2.45, 2.75) is 12.8 Å². The second-order valence-electron chi connectivity index (χ2n) is 5.07. The van der Waals surface area contributed by atoms with E-state index in [1.54, 1.807) is 17.0 Å². The number of benzene rings is 2. The zero-order chi connectivity index (χ0) is 15.0. The molecule has 108 valence electrons. The van der Waals surface area contributed by atoms with Crippen molar-refractivity contribution in [3.05, 3.63) is 51.1 Å². The molecule has 2 aromatic carbocycles. The Morgan fingerprint density at radius 3 is 2.86 bits per heavy atom. The van der Waals surface area contributed by atoms with Gasteiger partial charge in [0.15, 0.2) is 0 Å². The number of fused-ring (bicyclic) bond motifs is 1. The van der Waals surface area contributed by atoms with Gasteiger partial charge in [-0.3, -0.25) is 4.79 Å². The number of hydrogen-bond acceptors (Lipinski definition) is 3. The Balaban J connectivity index is 2.00. The van der Waals surface area contributed by atoms with Crippen LogP contribution in [0.4, 0.5) is 11.4 Å². The van der Waals surface area contributed by atoms with E-state index in [4.69, 9.17) is 5.73 Å². The third-order valence-electron chi connectivity index (χ3n) is 3.73. The van der Waals surface area contributed by atoms with Crippen LogP contribution in [0.1, 0.15) is 22.3 Å². The summed E-state index contributed by atoms with van der Waals surface area (Å²) < 4.78 is 0.729. The number of carbonyl (C=O) groups is 1. The van der Waals surface area contributed by atoms with Gasteiger partial charge in [-0.1, -0.05) is 6.07 Å². The van der Waals surface area contributed by atoms with Crippen LogP contribution >= 0.6 is 22.6 Å². The number of rotatable bonds is 1. The van der Waals surface area contributed by atoms with Gasteiger partial charge < -0.3 is 15.7 Å². The Morgan fingerprint density at radius 1 is 1.29 bits per heavy atom. The van der Waals surface area contributed by atoms with E-state index in [0.717, 1.165) is 33.4 Å². The van der Waals surface area contributed by atoms with Gasteiger partial charge in [0.1, 0.15) is 5.75 Å². The zero-order valence-electron chi connectivity index (χ0n) is 11.3. The van der Waals surface area contributed by atoms with Gasteiger partial charge in [-0.2, -0.15) is 0 Å². The lowest BCUT2D eigenvalue weighted by molar-refractivity contribution is 0.0984. The van der Waals surface area contributed by atoms with Crippen LogP contribution in [-0.4, -0.2) is 17.6 Å². The fraction of sp³-hybridized carbons (Fsp3) is 0.188. The maximum absolute atomic E-state index is 12.7. The first-order valence-corrected chi connectivity index (χ1v) is 7.83. The highest BCUT2D eigenvalue weighted by molar-refractivity contribution is 14.1. The van der Waals surface area contributed by atoms with Crippen molar-refractivity contribution in [2.75, 3.05) is 17.2 Å². The van der Waals surface area contributed by atoms with Gasteiger partial charge in [0.05, 0.1) is 3.57 Å². The summed E-state index contributed by atoms with van der Waals surface area (Å²) in [7, 11) is 0. The normalized spacial score (nSPS) is 13.9. The lowest BCUT2D eigenvalue weighted by Crippen LogP contribution is -2.35. The Hall–Kier alpha value is -1.76. The second-order valence-corrected chi connectivity index (χ2v) is 6.23. The lowest BCUT2D eigenvalue weighted by atomic mass is 9.99. The number of anilines is 2. The summed E-state index contributed by atoms with van der Waals surface area (Å²) in [5, 5.41) is 9.79. The topological polar surface area (TPSA) is 66.6 Å². The van der Waals surface area contributed by atoms with Gasteiger partial charge in [-0.15, -0.1) is 0 Å². The van der Waals surface area contributed by atoms with Crippen molar-refractivity contribution >= 4 is 39.9 Å². The van der Waals surface area contributed by atoms with Crippen LogP contribution in [0.25, 0.3) is 0 Å². The average Bonchev–Trinajstić information content (AvgIpc) is 2.49. The molecule has 1 aliphatic rings. The summed E-state index contributed by atoms with van der Waals surface area (Å²) >= 11 is 2.03. The van der Waals surface area contributed by atoms with E-state index < -0.39 is 0 Å². The molecule has 3 N–H and O–H groups in total. The number of nitrogens with zero attached hydrogens (tertiary/aromatic N) is 1. The molecule has 0 spiro atoms. The summed E-state index contributed by atoms with van der Waals surface area (Å²) in [6.07, 6.45) is 1.78. The number of phenols is 1. The number of carbonyl (C=O) groups excluding carboxylic acids is 1. The van der Waals surface area contributed by atoms with E-state index in [2.05, 4.69) is 0 Å². The Labute approximate surface area is 136 Å². The Bertz CT molecular complexity index is 715. The Morgan fingerprint density at radius 2 is 2.10 bits per heavy atom. The fourth-order valence-corrected chi connectivity index (χ4v) is 3.00. The van der Waals surface area contributed by atoms with Crippen LogP contribution in [0, 0.1) is 3.57 Å². The van der Waals surface area contributed by atoms with Crippen molar-refractivity contribution in [3.63, 3.8) is 0 Å². The monoisotopic (exact) mass is 394 g/mol. The summed E-state index contributed by atoms with van der Waals surface area (Å²) in [4.78, 5) is 14.5. The standard InChI is InChI=1S/C16H15IN2O2/c17-12-7-6-10(9-15(12)20)16(21)19-8-2-3-11-13(18)4-1-5-14(11)19/h1,4-7,9,20H,2-3,8,18H2. The molecule has 0 radical (unpaired) electrons. The summed E-state index contributed by atoms with van der Waals surface area (Å²) in [6, 6.07) is 10.7. The fourth-order valence-electron chi connectivity index (χ4n) is 2.66. The first-order chi connectivity index (χ1) is 10.1. The molecule has 1 aliphatic heterocycles. The molecule has 5 heteroatoms. The highest BCUT2D eigenvalue weighted by Gasteiger charge is 2.25. The van der Waals surface area contributed by atoms with E-state index in [1.807, 2.05) is 40.8 Å². The number of nitrogens with two attached hydrogens (primary N) is 1. The molecule has 0 saturated heterocycles. The van der Waals surface area contributed by atoms with Gasteiger partial charge in [-0.05, 0) is 71.3 Å².